The summed E-state index contributed by atoms with van der Waals surface area (Å²) < 4.78 is 0. The van der Waals surface area contributed by atoms with E-state index in [2.05, 4.69) is 16.8 Å². The average molecular weight is 240 g/mol. The Kier molecular flexibility index (Phi) is 5.25. The van der Waals surface area contributed by atoms with Crippen LogP contribution < -0.4 is 5.73 Å². The van der Waals surface area contributed by atoms with E-state index in [1.807, 2.05) is 0 Å². The zero-order valence-electron chi connectivity index (χ0n) is 11.1. The first kappa shape index (κ1) is 13.8. The van der Waals surface area contributed by atoms with Crippen LogP contribution in [0.5, 0.6) is 0 Å². The van der Waals surface area contributed by atoms with Gasteiger partial charge in [-0.15, -0.1) is 0 Å². The molecule has 0 aliphatic carbocycles. The van der Waals surface area contributed by atoms with Gasteiger partial charge in [0.05, 0.1) is 6.54 Å². The zero-order chi connectivity index (χ0) is 12.8. The predicted octanol–water partition coefficient (Wildman–Crippen LogP) is 0.511. The topological polar surface area (TPSA) is 61.9 Å². The van der Waals surface area contributed by atoms with Gasteiger partial charge in [0, 0.05) is 33.6 Å². The second-order valence-corrected chi connectivity index (χ2v) is 4.97. The molecule has 0 radical (unpaired) electrons. The van der Waals surface area contributed by atoms with Gasteiger partial charge in [0.1, 0.15) is 0 Å². The number of nitrogens with two attached hydrogens (primary N) is 1. The molecule has 5 nitrogen and oxygen atoms in total. The largest absolute Gasteiger partial charge is 0.370 e. The van der Waals surface area contributed by atoms with Crippen LogP contribution in [0.25, 0.3) is 0 Å². The van der Waals surface area contributed by atoms with Gasteiger partial charge in [-0.1, -0.05) is 6.92 Å². The summed E-state index contributed by atoms with van der Waals surface area (Å²) in [5.41, 5.74) is 5.92. The number of guanidine groups is 1. The van der Waals surface area contributed by atoms with Crippen molar-refractivity contribution in [2.75, 3.05) is 33.7 Å². The minimum atomic E-state index is 0.0913. The van der Waals surface area contributed by atoms with Crippen molar-refractivity contribution in [3.63, 3.8) is 0 Å². The van der Waals surface area contributed by atoms with E-state index in [1.54, 1.807) is 19.0 Å². The van der Waals surface area contributed by atoms with Crippen molar-refractivity contribution in [2.45, 2.75) is 26.2 Å². The normalized spacial score (nSPS) is 21.5. The maximum absolute atomic E-state index is 11.4. The van der Waals surface area contributed by atoms with Gasteiger partial charge in [0.2, 0.25) is 5.91 Å². The van der Waals surface area contributed by atoms with E-state index in [-0.39, 0.29) is 5.91 Å². The number of nitrogens with zero attached hydrogens (tertiary/aromatic N) is 3. The third-order valence-electron chi connectivity index (χ3n) is 3.08. The first-order valence-electron chi connectivity index (χ1n) is 6.25. The molecule has 1 amide bonds. The molecular weight excluding hydrogens is 216 g/mol. The zero-order valence-corrected chi connectivity index (χ0v) is 11.1. The summed E-state index contributed by atoms with van der Waals surface area (Å²) in [6, 6.07) is 0. The molecule has 1 rings (SSSR count). The van der Waals surface area contributed by atoms with Crippen molar-refractivity contribution in [1.29, 1.82) is 0 Å². The Bertz CT molecular complexity index is 288. The van der Waals surface area contributed by atoms with Gasteiger partial charge in [0.25, 0.3) is 0 Å². The van der Waals surface area contributed by atoms with E-state index in [9.17, 15) is 4.79 Å². The van der Waals surface area contributed by atoms with Crippen molar-refractivity contribution in [2.24, 2.45) is 16.6 Å². The molecule has 1 heterocycles. The molecule has 0 aromatic heterocycles. The highest BCUT2D eigenvalue weighted by Crippen LogP contribution is 2.14. The molecule has 1 saturated heterocycles. The number of carbonyl (C=O) groups is 1. The average Bonchev–Trinajstić information content (AvgIpc) is 2.28. The summed E-state index contributed by atoms with van der Waals surface area (Å²) in [6.07, 6.45) is 2.87. The molecule has 5 heteroatoms. The van der Waals surface area contributed by atoms with Gasteiger partial charge in [-0.25, -0.2) is 0 Å². The van der Waals surface area contributed by atoms with E-state index in [0.29, 0.717) is 24.8 Å². The van der Waals surface area contributed by atoms with E-state index >= 15 is 0 Å². The van der Waals surface area contributed by atoms with Crippen LogP contribution in [0.15, 0.2) is 4.99 Å². The maximum Gasteiger partial charge on any atom is 0.223 e. The Morgan fingerprint density at radius 2 is 2.24 bits per heavy atom. The monoisotopic (exact) mass is 240 g/mol. The van der Waals surface area contributed by atoms with Crippen LogP contribution in [0.2, 0.25) is 0 Å². The predicted molar refractivity (Wildman–Crippen MR) is 69.8 cm³/mol. The number of aliphatic imine (C=N–C) groups is 1. The molecule has 0 aromatic carbocycles. The second kappa shape index (κ2) is 6.47. The van der Waals surface area contributed by atoms with E-state index in [0.717, 1.165) is 13.1 Å². The van der Waals surface area contributed by atoms with E-state index < -0.39 is 0 Å². The number of likely N-dealkylation sites (tertiary alicyclic amines) is 1. The standard InChI is InChI=1S/C12H24N4O/c1-10-5-4-8-16(9-10)12(13)14-7-6-11(17)15(2)3/h10H,4-9H2,1-3H3,(H2,13,14). The van der Waals surface area contributed by atoms with Gasteiger partial charge in [-0.3, -0.25) is 9.79 Å². The number of hydrogen-bond donors (Lipinski definition) is 1. The fourth-order valence-corrected chi connectivity index (χ4v) is 1.99. The summed E-state index contributed by atoms with van der Waals surface area (Å²) in [6.45, 7) is 4.68. The van der Waals surface area contributed by atoms with Crippen LogP contribution in [0.1, 0.15) is 26.2 Å². The lowest BCUT2D eigenvalue weighted by Crippen LogP contribution is -2.43. The lowest BCUT2D eigenvalue weighted by Gasteiger charge is -2.31. The molecule has 17 heavy (non-hydrogen) atoms. The molecule has 1 aliphatic heterocycles. The Labute approximate surface area is 104 Å². The summed E-state index contributed by atoms with van der Waals surface area (Å²) in [5.74, 6) is 1.36. The van der Waals surface area contributed by atoms with E-state index in [1.165, 1.54) is 12.8 Å². The van der Waals surface area contributed by atoms with Crippen molar-refractivity contribution >= 4 is 11.9 Å². The first-order chi connectivity index (χ1) is 8.00. The molecule has 1 fully saturated rings. The van der Waals surface area contributed by atoms with Gasteiger partial charge in [-0.2, -0.15) is 0 Å². The highest BCUT2D eigenvalue weighted by Gasteiger charge is 2.17. The van der Waals surface area contributed by atoms with Crippen molar-refractivity contribution in [3.8, 4) is 0 Å². The molecule has 0 bridgehead atoms. The first-order valence-corrected chi connectivity index (χ1v) is 6.25. The number of hydrogen-bond acceptors (Lipinski definition) is 2. The Morgan fingerprint density at radius 3 is 2.82 bits per heavy atom. The minimum Gasteiger partial charge on any atom is -0.370 e. The fraction of sp³-hybridized carbons (Fsp3) is 0.833. The molecule has 2 N–H and O–H groups in total. The Morgan fingerprint density at radius 1 is 1.53 bits per heavy atom. The molecule has 0 saturated carbocycles. The van der Waals surface area contributed by atoms with Crippen molar-refractivity contribution in [3.05, 3.63) is 0 Å². The molecule has 1 aliphatic rings. The van der Waals surface area contributed by atoms with E-state index in [4.69, 9.17) is 5.73 Å². The minimum absolute atomic E-state index is 0.0913. The molecule has 1 atom stereocenters. The van der Waals surface area contributed by atoms with Crippen LogP contribution in [0, 0.1) is 5.92 Å². The van der Waals surface area contributed by atoms with Crippen LogP contribution in [0.3, 0.4) is 0 Å². The van der Waals surface area contributed by atoms with Crippen molar-refractivity contribution in [1.82, 2.24) is 9.80 Å². The molecule has 98 valence electrons. The lowest BCUT2D eigenvalue weighted by molar-refractivity contribution is -0.128. The van der Waals surface area contributed by atoms with Crippen LogP contribution in [-0.2, 0) is 4.79 Å². The Balaban J connectivity index is 2.35. The number of amides is 1. The maximum atomic E-state index is 11.4. The van der Waals surface area contributed by atoms with Gasteiger partial charge >= 0.3 is 0 Å². The third kappa shape index (κ3) is 4.63. The van der Waals surface area contributed by atoms with Crippen molar-refractivity contribution < 1.29 is 4.79 Å². The summed E-state index contributed by atoms with van der Waals surface area (Å²) in [5, 5.41) is 0. The molecule has 1 unspecified atom stereocenters. The SMILES string of the molecule is CC1CCCN(C(N)=NCCC(=O)N(C)C)C1. The van der Waals surface area contributed by atoms with Crippen LogP contribution in [0.4, 0.5) is 0 Å². The second-order valence-electron chi connectivity index (χ2n) is 4.97. The number of rotatable bonds is 3. The fourth-order valence-electron chi connectivity index (χ4n) is 1.99. The Hall–Kier alpha value is -1.26. The highest BCUT2D eigenvalue weighted by molar-refractivity contribution is 5.79. The smallest absolute Gasteiger partial charge is 0.223 e. The molecular formula is C12H24N4O. The number of piperidine rings is 1. The quantitative estimate of drug-likeness (QED) is 0.577. The summed E-state index contributed by atoms with van der Waals surface area (Å²) in [4.78, 5) is 19.3. The molecule has 0 spiro atoms. The van der Waals surface area contributed by atoms with Gasteiger partial charge < -0.3 is 15.5 Å². The number of carbonyl (C=O) groups excluding carboxylic acids is 1. The van der Waals surface area contributed by atoms with Crippen LogP contribution >= 0.6 is 0 Å². The molecule has 0 aromatic rings. The lowest BCUT2D eigenvalue weighted by atomic mass is 10.0. The van der Waals surface area contributed by atoms with Gasteiger partial charge in [0.15, 0.2) is 5.96 Å². The van der Waals surface area contributed by atoms with Crippen LogP contribution in [-0.4, -0.2) is 55.4 Å². The summed E-state index contributed by atoms with van der Waals surface area (Å²) >= 11 is 0. The highest BCUT2D eigenvalue weighted by atomic mass is 16.2. The summed E-state index contributed by atoms with van der Waals surface area (Å²) in [7, 11) is 3.50. The van der Waals surface area contributed by atoms with Gasteiger partial charge in [-0.05, 0) is 18.8 Å². The third-order valence-corrected chi connectivity index (χ3v) is 3.08.